The molecular formula is C31H40N2O4. The van der Waals surface area contributed by atoms with E-state index in [-0.39, 0.29) is 18.5 Å². The Morgan fingerprint density at radius 3 is 2.27 bits per heavy atom. The van der Waals surface area contributed by atoms with E-state index in [1.54, 1.807) is 34.6 Å². The summed E-state index contributed by atoms with van der Waals surface area (Å²) in [7, 11) is 0. The maximum absolute atomic E-state index is 12.6. The summed E-state index contributed by atoms with van der Waals surface area (Å²) >= 11 is 0. The molecule has 0 radical (unpaired) electrons. The highest BCUT2D eigenvalue weighted by Crippen LogP contribution is 2.24. The topological polar surface area (TPSA) is 76.7 Å². The third kappa shape index (κ3) is 8.60. The molecule has 0 bridgehead atoms. The molecule has 0 saturated heterocycles. The first-order valence-corrected chi connectivity index (χ1v) is 12.9. The second kappa shape index (κ2) is 12.2. The average Bonchev–Trinajstić information content (AvgIpc) is 2.84. The molecule has 3 aromatic carbocycles. The highest BCUT2D eigenvalue weighted by atomic mass is 16.6. The third-order valence-electron chi connectivity index (χ3n) is 6.04. The SMILES string of the molecule is C[C@@H](NCCCc1ccc(OC(C)(C)C(=O)NCC(=O)OC(C)(C)C)cc1)c1cccc2ccccc12. The smallest absolute Gasteiger partial charge is 0.325 e. The van der Waals surface area contributed by atoms with Crippen molar-refractivity contribution in [3.8, 4) is 5.75 Å². The van der Waals surface area contributed by atoms with Gasteiger partial charge in [-0.05, 0) is 95.0 Å². The Morgan fingerprint density at radius 2 is 1.57 bits per heavy atom. The maximum Gasteiger partial charge on any atom is 0.325 e. The van der Waals surface area contributed by atoms with Gasteiger partial charge in [-0.3, -0.25) is 9.59 Å². The van der Waals surface area contributed by atoms with E-state index in [9.17, 15) is 9.59 Å². The minimum absolute atomic E-state index is 0.199. The minimum atomic E-state index is -1.13. The van der Waals surface area contributed by atoms with Crippen molar-refractivity contribution in [2.75, 3.05) is 13.1 Å². The van der Waals surface area contributed by atoms with Gasteiger partial charge in [-0.25, -0.2) is 0 Å². The van der Waals surface area contributed by atoms with Crippen LogP contribution in [0, 0.1) is 0 Å². The van der Waals surface area contributed by atoms with Crippen molar-refractivity contribution in [1.29, 1.82) is 0 Å². The fraction of sp³-hybridized carbons (Fsp3) is 0.419. The molecule has 0 saturated carbocycles. The van der Waals surface area contributed by atoms with Crippen molar-refractivity contribution >= 4 is 22.6 Å². The van der Waals surface area contributed by atoms with Gasteiger partial charge in [-0.15, -0.1) is 0 Å². The molecule has 0 spiro atoms. The van der Waals surface area contributed by atoms with Crippen molar-refractivity contribution in [1.82, 2.24) is 10.6 Å². The molecule has 0 aliphatic carbocycles. The number of hydrogen-bond donors (Lipinski definition) is 2. The van der Waals surface area contributed by atoms with E-state index in [0.717, 1.165) is 19.4 Å². The van der Waals surface area contributed by atoms with E-state index < -0.39 is 17.2 Å². The Morgan fingerprint density at radius 1 is 0.892 bits per heavy atom. The van der Waals surface area contributed by atoms with Crippen molar-refractivity contribution in [3.05, 3.63) is 77.9 Å². The summed E-state index contributed by atoms with van der Waals surface area (Å²) < 4.78 is 11.1. The number of carbonyl (C=O) groups is 2. The van der Waals surface area contributed by atoms with Crippen LogP contribution in [-0.2, 0) is 20.7 Å². The quantitative estimate of drug-likeness (QED) is 0.257. The normalized spacial score (nSPS) is 12.7. The largest absolute Gasteiger partial charge is 0.478 e. The predicted molar refractivity (Wildman–Crippen MR) is 149 cm³/mol. The van der Waals surface area contributed by atoms with Crippen LogP contribution in [0.3, 0.4) is 0 Å². The maximum atomic E-state index is 12.6. The summed E-state index contributed by atoms with van der Waals surface area (Å²) in [6.45, 7) is 11.6. The average molecular weight is 505 g/mol. The molecule has 3 rings (SSSR count). The number of amides is 1. The molecule has 3 aromatic rings. The second-order valence-electron chi connectivity index (χ2n) is 10.9. The van der Waals surface area contributed by atoms with E-state index in [1.807, 2.05) is 24.3 Å². The van der Waals surface area contributed by atoms with Crippen LogP contribution >= 0.6 is 0 Å². The third-order valence-corrected chi connectivity index (χ3v) is 6.04. The summed E-state index contributed by atoms with van der Waals surface area (Å²) in [5.74, 6) is -0.264. The Bertz CT molecular complexity index is 1190. The predicted octanol–water partition coefficient (Wildman–Crippen LogP) is 5.74. The van der Waals surface area contributed by atoms with Gasteiger partial charge in [0.2, 0.25) is 0 Å². The first kappa shape index (κ1) is 28.2. The summed E-state index contributed by atoms with van der Waals surface area (Å²) in [4.78, 5) is 24.4. The Labute approximate surface area is 220 Å². The highest BCUT2D eigenvalue weighted by molar-refractivity contribution is 5.88. The van der Waals surface area contributed by atoms with Gasteiger partial charge in [-0.2, -0.15) is 0 Å². The molecule has 0 fully saturated rings. The second-order valence-corrected chi connectivity index (χ2v) is 10.9. The fourth-order valence-corrected chi connectivity index (χ4v) is 4.16. The van der Waals surface area contributed by atoms with E-state index in [2.05, 4.69) is 60.0 Å². The van der Waals surface area contributed by atoms with Crippen LogP contribution in [0.25, 0.3) is 10.8 Å². The van der Waals surface area contributed by atoms with Crippen LogP contribution in [0.1, 0.15) is 65.1 Å². The van der Waals surface area contributed by atoms with E-state index in [1.165, 1.54) is 21.9 Å². The molecule has 0 aliphatic rings. The Balaban J connectivity index is 1.44. The number of ether oxygens (including phenoxy) is 2. The summed E-state index contributed by atoms with van der Waals surface area (Å²) in [5.41, 5.74) is 0.794. The molecule has 0 unspecified atom stereocenters. The van der Waals surface area contributed by atoms with Gasteiger partial charge in [0.25, 0.3) is 5.91 Å². The lowest BCUT2D eigenvalue weighted by molar-refractivity contribution is -0.155. The van der Waals surface area contributed by atoms with Crippen molar-refractivity contribution in [3.63, 3.8) is 0 Å². The molecule has 37 heavy (non-hydrogen) atoms. The van der Waals surface area contributed by atoms with Gasteiger partial charge in [0.1, 0.15) is 17.9 Å². The lowest BCUT2D eigenvalue weighted by Gasteiger charge is -2.26. The molecule has 6 nitrogen and oxygen atoms in total. The van der Waals surface area contributed by atoms with Crippen LogP contribution in [0.4, 0.5) is 0 Å². The summed E-state index contributed by atoms with van der Waals surface area (Å²) in [6, 6.07) is 23.0. The molecule has 1 amide bonds. The van der Waals surface area contributed by atoms with Crippen LogP contribution < -0.4 is 15.4 Å². The van der Waals surface area contributed by atoms with Crippen molar-refractivity contribution in [2.24, 2.45) is 0 Å². The number of nitrogens with one attached hydrogen (secondary N) is 2. The van der Waals surface area contributed by atoms with Gasteiger partial charge in [-0.1, -0.05) is 54.6 Å². The molecule has 1 atom stereocenters. The molecule has 2 N–H and O–H groups in total. The molecule has 0 aliphatic heterocycles. The fourth-order valence-electron chi connectivity index (χ4n) is 4.16. The number of esters is 1. The number of benzene rings is 3. The number of hydrogen-bond acceptors (Lipinski definition) is 5. The summed E-state index contributed by atoms with van der Waals surface area (Å²) in [6.07, 6.45) is 1.95. The van der Waals surface area contributed by atoms with Crippen LogP contribution in [-0.4, -0.2) is 36.2 Å². The van der Waals surface area contributed by atoms with E-state index in [4.69, 9.17) is 9.47 Å². The van der Waals surface area contributed by atoms with Crippen LogP contribution in [0.5, 0.6) is 5.75 Å². The highest BCUT2D eigenvalue weighted by Gasteiger charge is 2.30. The van der Waals surface area contributed by atoms with Crippen LogP contribution in [0.15, 0.2) is 66.7 Å². The van der Waals surface area contributed by atoms with Gasteiger partial charge >= 0.3 is 5.97 Å². The molecular weight excluding hydrogens is 464 g/mol. The Kier molecular flexibility index (Phi) is 9.33. The van der Waals surface area contributed by atoms with Crippen molar-refractivity contribution < 1.29 is 19.1 Å². The monoisotopic (exact) mass is 504 g/mol. The molecule has 6 heteroatoms. The zero-order valence-electron chi connectivity index (χ0n) is 22.9. The number of aryl methyl sites for hydroxylation is 1. The summed E-state index contributed by atoms with van der Waals surface area (Å²) in [5, 5.41) is 8.80. The minimum Gasteiger partial charge on any atom is -0.478 e. The number of fused-ring (bicyclic) bond motifs is 1. The van der Waals surface area contributed by atoms with Gasteiger partial charge < -0.3 is 20.1 Å². The first-order valence-electron chi connectivity index (χ1n) is 12.9. The van der Waals surface area contributed by atoms with E-state index >= 15 is 0 Å². The number of rotatable bonds is 11. The molecule has 0 aromatic heterocycles. The van der Waals surface area contributed by atoms with E-state index in [0.29, 0.717) is 5.75 Å². The van der Waals surface area contributed by atoms with Crippen molar-refractivity contribution in [2.45, 2.75) is 71.6 Å². The number of carbonyl (C=O) groups excluding carboxylic acids is 2. The van der Waals surface area contributed by atoms with Gasteiger partial charge in [0.15, 0.2) is 5.60 Å². The van der Waals surface area contributed by atoms with Crippen LogP contribution in [0.2, 0.25) is 0 Å². The first-order chi connectivity index (χ1) is 17.4. The lowest BCUT2D eigenvalue weighted by atomic mass is 9.99. The standard InChI is InChI=1S/C31H40N2O4/c1-22(26-15-9-13-24-12-7-8-14-27(24)26)32-20-10-11-23-16-18-25(19-17-23)36-31(5,6)29(35)33-21-28(34)37-30(2,3)4/h7-9,12-19,22,32H,10-11,20-21H2,1-6H3,(H,33,35)/t22-/m1/s1. The zero-order valence-corrected chi connectivity index (χ0v) is 22.9. The Hall–Kier alpha value is -3.38. The zero-order chi connectivity index (χ0) is 27.1. The van der Waals surface area contributed by atoms with Gasteiger partial charge in [0.05, 0.1) is 0 Å². The molecule has 0 heterocycles. The van der Waals surface area contributed by atoms with Gasteiger partial charge in [0, 0.05) is 6.04 Å². The molecule has 198 valence electrons. The lowest BCUT2D eigenvalue weighted by Crippen LogP contribution is -2.48.